The maximum Gasteiger partial charge on any atom is 0.213 e. The Morgan fingerprint density at radius 1 is 1.26 bits per heavy atom. The molecule has 3 rings (SSSR count). The molecule has 5 nitrogen and oxygen atoms in total. The van der Waals surface area contributed by atoms with Crippen LogP contribution in [0.15, 0.2) is 0 Å². The minimum Gasteiger partial charge on any atom is -0.349 e. The maximum absolute atomic E-state index is 5.04. The van der Waals surface area contributed by atoms with Crippen molar-refractivity contribution < 1.29 is 0 Å². The highest BCUT2D eigenvalue weighted by atomic mass is 32.1. The first-order valence-corrected chi connectivity index (χ1v) is 7.86. The van der Waals surface area contributed by atoms with E-state index in [9.17, 15) is 0 Å². The monoisotopic (exact) mass is 295 g/mol. The van der Waals surface area contributed by atoms with Gasteiger partial charge in [0.15, 0.2) is 11.0 Å². The topological polar surface area (TPSA) is 60.6 Å². The van der Waals surface area contributed by atoms with Crippen molar-refractivity contribution in [3.8, 4) is 10.7 Å². The van der Waals surface area contributed by atoms with Crippen LogP contribution in [0.25, 0.3) is 10.7 Å². The van der Waals surface area contributed by atoms with E-state index in [-0.39, 0.29) is 0 Å². The SMILES string of the molecule is CCN(CC)c1nc(C2CC2)c(-c2nc(=S)[nH][nH]2)s1. The molecule has 2 aromatic heterocycles. The van der Waals surface area contributed by atoms with E-state index >= 15 is 0 Å². The van der Waals surface area contributed by atoms with Crippen molar-refractivity contribution in [2.45, 2.75) is 32.6 Å². The van der Waals surface area contributed by atoms with Crippen molar-refractivity contribution >= 4 is 28.7 Å². The van der Waals surface area contributed by atoms with Gasteiger partial charge in [0, 0.05) is 19.0 Å². The molecule has 102 valence electrons. The fourth-order valence-electron chi connectivity index (χ4n) is 2.13. The second kappa shape index (κ2) is 5.05. The third kappa shape index (κ3) is 2.44. The standard InChI is InChI=1S/C12H17N5S2/c1-3-17(4-2)12-13-8(7-5-6-7)9(19-12)10-14-11(18)16-15-10/h7H,3-6H2,1-2H3,(H2,14,15,16,18). The summed E-state index contributed by atoms with van der Waals surface area (Å²) in [6.07, 6.45) is 2.47. The number of aromatic nitrogens is 4. The summed E-state index contributed by atoms with van der Waals surface area (Å²) in [6.45, 7) is 6.26. The molecule has 1 aliphatic carbocycles. The summed E-state index contributed by atoms with van der Waals surface area (Å²) in [5.74, 6) is 1.43. The van der Waals surface area contributed by atoms with Crippen LogP contribution in [0, 0.1) is 4.77 Å². The minimum atomic E-state index is 0.495. The molecule has 1 aliphatic rings. The number of hydrogen-bond acceptors (Lipinski definition) is 5. The Morgan fingerprint density at radius 3 is 2.53 bits per heavy atom. The summed E-state index contributed by atoms with van der Waals surface area (Å²) in [5.41, 5.74) is 1.18. The molecule has 2 aromatic rings. The normalized spacial score (nSPS) is 14.8. The van der Waals surface area contributed by atoms with Crippen molar-refractivity contribution in [2.24, 2.45) is 0 Å². The zero-order chi connectivity index (χ0) is 13.4. The molecule has 7 heteroatoms. The number of aromatic amines is 2. The predicted octanol–water partition coefficient (Wildman–Crippen LogP) is 3.31. The third-order valence-corrected chi connectivity index (χ3v) is 4.69. The Hall–Kier alpha value is -1.21. The number of nitrogens with zero attached hydrogens (tertiary/aromatic N) is 3. The van der Waals surface area contributed by atoms with E-state index in [4.69, 9.17) is 17.2 Å². The van der Waals surface area contributed by atoms with Crippen LogP contribution >= 0.6 is 23.6 Å². The Bertz CT molecular complexity index is 618. The largest absolute Gasteiger partial charge is 0.349 e. The van der Waals surface area contributed by atoms with E-state index in [2.05, 4.69) is 33.9 Å². The van der Waals surface area contributed by atoms with Gasteiger partial charge in [-0.05, 0) is 38.9 Å². The van der Waals surface area contributed by atoms with Gasteiger partial charge in [-0.3, -0.25) is 10.2 Å². The molecule has 1 saturated carbocycles. The van der Waals surface area contributed by atoms with Gasteiger partial charge in [-0.1, -0.05) is 11.3 Å². The first-order valence-electron chi connectivity index (χ1n) is 6.63. The second-order valence-corrected chi connectivity index (χ2v) is 6.04. The van der Waals surface area contributed by atoms with Gasteiger partial charge in [0.2, 0.25) is 4.77 Å². The van der Waals surface area contributed by atoms with E-state index in [0.717, 1.165) is 28.9 Å². The first kappa shape index (κ1) is 12.8. The number of thiazole rings is 1. The zero-order valence-electron chi connectivity index (χ0n) is 11.1. The maximum atomic E-state index is 5.04. The lowest BCUT2D eigenvalue weighted by molar-refractivity contribution is 0.853. The van der Waals surface area contributed by atoms with Crippen LogP contribution in [0.3, 0.4) is 0 Å². The highest BCUT2D eigenvalue weighted by molar-refractivity contribution is 7.71. The molecule has 2 N–H and O–H groups in total. The first-order chi connectivity index (χ1) is 9.22. The van der Waals surface area contributed by atoms with Gasteiger partial charge in [0.05, 0.1) is 10.6 Å². The summed E-state index contributed by atoms with van der Waals surface area (Å²) in [5, 5.41) is 7.00. The van der Waals surface area contributed by atoms with Crippen LogP contribution < -0.4 is 4.90 Å². The van der Waals surface area contributed by atoms with Crippen LogP contribution in [-0.4, -0.2) is 33.3 Å². The van der Waals surface area contributed by atoms with E-state index in [0.29, 0.717) is 10.7 Å². The van der Waals surface area contributed by atoms with Crippen LogP contribution in [0.4, 0.5) is 5.13 Å². The van der Waals surface area contributed by atoms with Gasteiger partial charge in [-0.25, -0.2) is 4.98 Å². The van der Waals surface area contributed by atoms with Gasteiger partial charge in [-0.15, -0.1) is 0 Å². The fraction of sp³-hybridized carbons (Fsp3) is 0.583. The highest BCUT2D eigenvalue weighted by Crippen LogP contribution is 2.47. The molecule has 0 bridgehead atoms. The second-order valence-electron chi connectivity index (χ2n) is 4.67. The fourth-order valence-corrected chi connectivity index (χ4v) is 3.50. The summed E-state index contributed by atoms with van der Waals surface area (Å²) < 4.78 is 0.495. The average molecular weight is 295 g/mol. The Morgan fingerprint density at radius 2 is 2.00 bits per heavy atom. The van der Waals surface area contributed by atoms with Crippen LogP contribution in [0.1, 0.15) is 38.3 Å². The molecule has 19 heavy (non-hydrogen) atoms. The van der Waals surface area contributed by atoms with Crippen LogP contribution in [0.2, 0.25) is 0 Å². The molecule has 2 heterocycles. The Kier molecular flexibility index (Phi) is 3.40. The molecule has 1 fully saturated rings. The van der Waals surface area contributed by atoms with Crippen molar-refractivity contribution in [1.29, 1.82) is 0 Å². The molecule has 0 atom stereocenters. The predicted molar refractivity (Wildman–Crippen MR) is 80.4 cm³/mol. The van der Waals surface area contributed by atoms with Gasteiger partial charge in [0.25, 0.3) is 0 Å². The Labute approximate surface area is 121 Å². The molecule has 0 unspecified atom stereocenters. The molecule has 0 aliphatic heterocycles. The van der Waals surface area contributed by atoms with Crippen molar-refractivity contribution in [1.82, 2.24) is 20.2 Å². The molecule has 0 aromatic carbocycles. The molecular formula is C12H17N5S2. The molecule has 0 spiro atoms. The summed E-state index contributed by atoms with van der Waals surface area (Å²) in [6, 6.07) is 0. The number of anilines is 1. The highest BCUT2D eigenvalue weighted by Gasteiger charge is 2.31. The van der Waals surface area contributed by atoms with E-state index < -0.39 is 0 Å². The lowest BCUT2D eigenvalue weighted by Gasteiger charge is -2.16. The van der Waals surface area contributed by atoms with Crippen LogP contribution in [0.5, 0.6) is 0 Å². The average Bonchev–Trinajstić information content (AvgIpc) is 3.02. The smallest absolute Gasteiger partial charge is 0.213 e. The number of hydrogen-bond donors (Lipinski definition) is 2. The minimum absolute atomic E-state index is 0.495. The van der Waals surface area contributed by atoms with Gasteiger partial charge < -0.3 is 4.90 Å². The lowest BCUT2D eigenvalue weighted by Crippen LogP contribution is -2.21. The molecule has 0 saturated heterocycles. The van der Waals surface area contributed by atoms with E-state index in [1.807, 2.05) is 0 Å². The van der Waals surface area contributed by atoms with Crippen molar-refractivity contribution in [2.75, 3.05) is 18.0 Å². The Balaban J connectivity index is 2.04. The number of rotatable bonds is 5. The summed E-state index contributed by atoms with van der Waals surface area (Å²) >= 11 is 6.74. The number of nitrogens with one attached hydrogen (secondary N) is 2. The van der Waals surface area contributed by atoms with Gasteiger partial charge in [-0.2, -0.15) is 4.98 Å². The molecule has 0 amide bonds. The quantitative estimate of drug-likeness (QED) is 0.831. The van der Waals surface area contributed by atoms with Crippen LogP contribution in [-0.2, 0) is 0 Å². The molecule has 0 radical (unpaired) electrons. The van der Waals surface area contributed by atoms with Crippen molar-refractivity contribution in [3.05, 3.63) is 10.5 Å². The van der Waals surface area contributed by atoms with E-state index in [1.54, 1.807) is 11.3 Å². The van der Waals surface area contributed by atoms with E-state index in [1.165, 1.54) is 18.5 Å². The van der Waals surface area contributed by atoms with Gasteiger partial charge in [0.1, 0.15) is 0 Å². The van der Waals surface area contributed by atoms with Gasteiger partial charge >= 0.3 is 0 Å². The lowest BCUT2D eigenvalue weighted by atomic mass is 10.2. The third-order valence-electron chi connectivity index (χ3n) is 3.36. The number of H-pyrrole nitrogens is 2. The molecular weight excluding hydrogens is 278 g/mol. The zero-order valence-corrected chi connectivity index (χ0v) is 12.7. The summed E-state index contributed by atoms with van der Waals surface area (Å²) in [4.78, 5) is 12.6. The summed E-state index contributed by atoms with van der Waals surface area (Å²) in [7, 11) is 0. The van der Waals surface area contributed by atoms with Crippen molar-refractivity contribution in [3.63, 3.8) is 0 Å².